The highest BCUT2D eigenvalue weighted by Gasteiger charge is 2.16. The number of ether oxygens (including phenoxy) is 1. The number of halogens is 2. The van der Waals surface area contributed by atoms with Gasteiger partial charge in [0.1, 0.15) is 5.82 Å². The highest BCUT2D eigenvalue weighted by Crippen LogP contribution is 2.22. The van der Waals surface area contributed by atoms with Crippen LogP contribution < -0.4 is 10.0 Å². The van der Waals surface area contributed by atoms with Crippen molar-refractivity contribution >= 4 is 33.2 Å². The van der Waals surface area contributed by atoms with Crippen LogP contribution in [-0.2, 0) is 14.8 Å². The number of hydrogen-bond acceptors (Lipinski definition) is 4. The fraction of sp³-hybridized carbons (Fsp3) is 0.235. The van der Waals surface area contributed by atoms with E-state index in [0.29, 0.717) is 12.2 Å². The molecule has 1 amide bonds. The van der Waals surface area contributed by atoms with Crippen LogP contribution in [0.5, 0.6) is 0 Å². The third-order valence-electron chi connectivity index (χ3n) is 3.39. The van der Waals surface area contributed by atoms with E-state index in [1.54, 1.807) is 6.92 Å². The molecule has 140 valence electrons. The van der Waals surface area contributed by atoms with Crippen LogP contribution in [0.15, 0.2) is 47.4 Å². The number of hydrogen-bond donors (Lipinski definition) is 2. The first-order valence-electron chi connectivity index (χ1n) is 7.60. The SMILES string of the molecule is COCC(C)NC(=O)c1ccc(NS(=O)(=O)c2ccc(F)c(Cl)c2)cc1. The van der Waals surface area contributed by atoms with Crippen molar-refractivity contribution in [3.05, 3.63) is 58.9 Å². The molecule has 0 aromatic heterocycles. The van der Waals surface area contributed by atoms with Crippen LogP contribution in [0.25, 0.3) is 0 Å². The molecule has 26 heavy (non-hydrogen) atoms. The number of methoxy groups -OCH3 is 1. The number of benzene rings is 2. The smallest absolute Gasteiger partial charge is 0.261 e. The van der Waals surface area contributed by atoms with Crippen molar-refractivity contribution in [1.82, 2.24) is 5.32 Å². The van der Waals surface area contributed by atoms with Crippen molar-refractivity contribution in [2.24, 2.45) is 0 Å². The second-order valence-corrected chi connectivity index (χ2v) is 7.68. The summed E-state index contributed by atoms with van der Waals surface area (Å²) in [6, 6.07) is 8.85. The Bertz CT molecular complexity index is 888. The van der Waals surface area contributed by atoms with Crippen molar-refractivity contribution in [3.8, 4) is 0 Å². The number of amides is 1. The van der Waals surface area contributed by atoms with Crippen molar-refractivity contribution in [2.75, 3.05) is 18.4 Å². The van der Waals surface area contributed by atoms with Crippen molar-refractivity contribution in [2.45, 2.75) is 17.9 Å². The number of anilines is 1. The van der Waals surface area contributed by atoms with Crippen molar-refractivity contribution in [1.29, 1.82) is 0 Å². The Morgan fingerprint density at radius 3 is 2.46 bits per heavy atom. The number of sulfonamides is 1. The van der Waals surface area contributed by atoms with Gasteiger partial charge >= 0.3 is 0 Å². The molecule has 0 heterocycles. The van der Waals surface area contributed by atoms with Crippen LogP contribution in [0.2, 0.25) is 5.02 Å². The molecule has 1 atom stereocenters. The van der Waals surface area contributed by atoms with E-state index in [1.807, 2.05) is 0 Å². The zero-order valence-corrected chi connectivity index (χ0v) is 15.7. The molecule has 0 saturated carbocycles. The minimum atomic E-state index is -3.93. The Kier molecular flexibility index (Phi) is 6.57. The lowest BCUT2D eigenvalue weighted by Gasteiger charge is -2.13. The molecule has 0 aliphatic rings. The van der Waals surface area contributed by atoms with Gasteiger partial charge < -0.3 is 10.1 Å². The van der Waals surface area contributed by atoms with E-state index in [4.69, 9.17) is 16.3 Å². The predicted molar refractivity (Wildman–Crippen MR) is 97.5 cm³/mol. The minimum Gasteiger partial charge on any atom is -0.383 e. The molecule has 0 spiro atoms. The van der Waals surface area contributed by atoms with Gasteiger partial charge in [0.05, 0.1) is 16.5 Å². The largest absolute Gasteiger partial charge is 0.383 e. The summed E-state index contributed by atoms with van der Waals surface area (Å²) in [6.45, 7) is 2.18. The normalized spacial score (nSPS) is 12.5. The average Bonchev–Trinajstić information content (AvgIpc) is 2.57. The van der Waals surface area contributed by atoms with E-state index < -0.39 is 15.8 Å². The number of nitrogens with one attached hydrogen (secondary N) is 2. The van der Waals surface area contributed by atoms with Gasteiger partial charge in [-0.15, -0.1) is 0 Å². The van der Waals surface area contributed by atoms with E-state index in [9.17, 15) is 17.6 Å². The van der Waals surface area contributed by atoms with E-state index in [-0.39, 0.29) is 27.6 Å². The van der Waals surface area contributed by atoms with Gasteiger partial charge in [0.25, 0.3) is 15.9 Å². The monoisotopic (exact) mass is 400 g/mol. The number of carbonyl (C=O) groups excluding carboxylic acids is 1. The number of carbonyl (C=O) groups is 1. The summed E-state index contributed by atoms with van der Waals surface area (Å²) in [5, 5.41) is 2.46. The molecule has 0 bridgehead atoms. The lowest BCUT2D eigenvalue weighted by atomic mass is 10.2. The molecule has 0 saturated heterocycles. The Morgan fingerprint density at radius 2 is 1.88 bits per heavy atom. The van der Waals surface area contributed by atoms with Crippen LogP contribution in [0, 0.1) is 5.82 Å². The molecular weight excluding hydrogens is 383 g/mol. The Hall–Kier alpha value is -2.16. The fourth-order valence-electron chi connectivity index (χ4n) is 2.15. The second-order valence-electron chi connectivity index (χ2n) is 5.59. The van der Waals surface area contributed by atoms with Gasteiger partial charge in [-0.25, -0.2) is 12.8 Å². The highest BCUT2D eigenvalue weighted by molar-refractivity contribution is 7.92. The zero-order valence-electron chi connectivity index (χ0n) is 14.1. The Labute approximate surface area is 156 Å². The predicted octanol–water partition coefficient (Wildman–Crippen LogP) is 3.04. The van der Waals surface area contributed by atoms with E-state index in [1.165, 1.54) is 31.4 Å². The lowest BCUT2D eigenvalue weighted by molar-refractivity contribution is 0.0905. The number of rotatable bonds is 7. The Morgan fingerprint density at radius 1 is 1.23 bits per heavy atom. The fourth-order valence-corrected chi connectivity index (χ4v) is 3.48. The van der Waals surface area contributed by atoms with E-state index in [0.717, 1.165) is 18.2 Å². The van der Waals surface area contributed by atoms with Crippen LogP contribution >= 0.6 is 11.6 Å². The molecule has 6 nitrogen and oxygen atoms in total. The molecule has 0 aliphatic heterocycles. The van der Waals surface area contributed by atoms with Crippen LogP contribution in [0.1, 0.15) is 17.3 Å². The van der Waals surface area contributed by atoms with Crippen LogP contribution in [0.4, 0.5) is 10.1 Å². The second kappa shape index (κ2) is 8.48. The maximum atomic E-state index is 13.2. The molecule has 0 aliphatic carbocycles. The van der Waals surface area contributed by atoms with Gasteiger partial charge in [-0.2, -0.15) is 0 Å². The maximum Gasteiger partial charge on any atom is 0.261 e. The summed E-state index contributed by atoms with van der Waals surface area (Å²) >= 11 is 5.62. The summed E-state index contributed by atoms with van der Waals surface area (Å²) in [7, 11) is -2.39. The van der Waals surface area contributed by atoms with Gasteiger partial charge in [0.15, 0.2) is 0 Å². The van der Waals surface area contributed by atoms with Gasteiger partial charge in [0.2, 0.25) is 0 Å². The maximum absolute atomic E-state index is 13.2. The molecule has 9 heteroatoms. The summed E-state index contributed by atoms with van der Waals surface area (Å²) in [5.41, 5.74) is 0.632. The minimum absolute atomic E-state index is 0.158. The summed E-state index contributed by atoms with van der Waals surface area (Å²) in [5.74, 6) is -1.00. The third kappa shape index (κ3) is 5.17. The molecule has 2 N–H and O–H groups in total. The summed E-state index contributed by atoms with van der Waals surface area (Å²) in [6.07, 6.45) is 0. The summed E-state index contributed by atoms with van der Waals surface area (Å²) in [4.78, 5) is 11.9. The molecule has 2 aromatic rings. The molecule has 2 rings (SSSR count). The first kappa shape index (κ1) is 20.2. The third-order valence-corrected chi connectivity index (χ3v) is 5.06. The zero-order chi connectivity index (χ0) is 19.3. The average molecular weight is 401 g/mol. The molecular formula is C17H18ClFN2O4S. The standard InChI is InChI=1S/C17H18ClFN2O4S/c1-11(10-25-2)20-17(22)12-3-5-13(6-4-12)21-26(23,24)14-7-8-16(19)15(18)9-14/h3-9,11,21H,10H2,1-2H3,(H,20,22). The van der Waals surface area contributed by atoms with Gasteiger partial charge in [-0.05, 0) is 49.4 Å². The molecule has 0 radical (unpaired) electrons. The van der Waals surface area contributed by atoms with Gasteiger partial charge in [-0.3, -0.25) is 9.52 Å². The molecule has 0 fully saturated rings. The first-order valence-corrected chi connectivity index (χ1v) is 9.47. The Balaban J connectivity index is 2.10. The van der Waals surface area contributed by atoms with E-state index >= 15 is 0 Å². The van der Waals surface area contributed by atoms with Crippen LogP contribution in [0.3, 0.4) is 0 Å². The quantitative estimate of drug-likeness (QED) is 0.748. The topological polar surface area (TPSA) is 84.5 Å². The first-order chi connectivity index (χ1) is 12.2. The van der Waals surface area contributed by atoms with Crippen molar-refractivity contribution in [3.63, 3.8) is 0 Å². The van der Waals surface area contributed by atoms with Gasteiger partial charge in [-0.1, -0.05) is 11.6 Å². The highest BCUT2D eigenvalue weighted by atomic mass is 35.5. The van der Waals surface area contributed by atoms with Crippen LogP contribution in [-0.4, -0.2) is 34.1 Å². The van der Waals surface area contributed by atoms with E-state index in [2.05, 4.69) is 10.0 Å². The summed E-state index contributed by atoms with van der Waals surface area (Å²) < 4.78 is 45.1. The van der Waals surface area contributed by atoms with Gasteiger partial charge in [0, 0.05) is 24.4 Å². The lowest BCUT2D eigenvalue weighted by Crippen LogP contribution is -2.35. The van der Waals surface area contributed by atoms with Crippen molar-refractivity contribution < 1.29 is 22.3 Å². The molecule has 2 aromatic carbocycles. The molecule has 1 unspecified atom stereocenters.